The summed E-state index contributed by atoms with van der Waals surface area (Å²) in [6, 6.07) is 6.23. The summed E-state index contributed by atoms with van der Waals surface area (Å²) in [4.78, 5) is 39.0. The van der Waals surface area contributed by atoms with Gasteiger partial charge in [0.05, 0.1) is 10.5 Å². The van der Waals surface area contributed by atoms with E-state index in [1.54, 1.807) is 17.5 Å². The van der Waals surface area contributed by atoms with Gasteiger partial charge in [0.2, 0.25) is 21.8 Å². The van der Waals surface area contributed by atoms with E-state index in [2.05, 4.69) is 30.8 Å². The highest BCUT2D eigenvalue weighted by molar-refractivity contribution is 7.89. The zero-order valence-corrected chi connectivity index (χ0v) is 20.4. The van der Waals surface area contributed by atoms with E-state index in [4.69, 9.17) is 0 Å². The predicted octanol–water partition coefficient (Wildman–Crippen LogP) is 2.33. The lowest BCUT2D eigenvalue weighted by Gasteiger charge is -2.29. The van der Waals surface area contributed by atoms with Gasteiger partial charge < -0.3 is 4.90 Å². The van der Waals surface area contributed by atoms with Crippen molar-refractivity contribution in [3.63, 3.8) is 0 Å². The van der Waals surface area contributed by atoms with E-state index in [9.17, 15) is 22.8 Å². The molecule has 0 spiro atoms. The van der Waals surface area contributed by atoms with Gasteiger partial charge in [0.1, 0.15) is 6.04 Å². The highest BCUT2D eigenvalue weighted by Gasteiger charge is 2.40. The minimum absolute atomic E-state index is 0.0611. The number of nitrogens with zero attached hydrogens (tertiary/aromatic N) is 1. The summed E-state index contributed by atoms with van der Waals surface area (Å²) in [5.41, 5.74) is 2.39. The van der Waals surface area contributed by atoms with Crippen molar-refractivity contribution in [2.45, 2.75) is 62.9 Å². The number of sulfonamides is 1. The SMILES string of the molecule is CC(C)(C)c1ccc(S(=O)(=O)NCCc2scc3c2CN(C2CCC(=O)NC2=O)C3=O)cc1. The van der Waals surface area contributed by atoms with Crippen LogP contribution in [0.25, 0.3) is 0 Å². The first-order valence-corrected chi connectivity index (χ1v) is 13.2. The Labute approximate surface area is 197 Å². The number of carbonyl (C=O) groups is 3. The third-order valence-electron chi connectivity index (χ3n) is 6.06. The Morgan fingerprint density at radius 3 is 2.48 bits per heavy atom. The molecule has 1 atom stereocenters. The molecule has 10 heteroatoms. The monoisotopic (exact) mass is 489 g/mol. The molecule has 1 fully saturated rings. The Kier molecular flexibility index (Phi) is 6.19. The zero-order chi connectivity index (χ0) is 24.0. The van der Waals surface area contributed by atoms with Crippen LogP contribution in [-0.4, -0.2) is 43.6 Å². The molecule has 1 aromatic carbocycles. The standard InChI is InChI=1S/C23H27N3O5S2/c1-23(2,3)14-4-6-15(7-5-14)33(30,31)24-11-10-19-16-12-26(22(29)17(16)13-32-19)18-8-9-20(27)25-21(18)28/h4-7,13,18,24H,8-12H2,1-3H3,(H,25,27,28). The topological polar surface area (TPSA) is 113 Å². The molecule has 3 heterocycles. The molecule has 0 bridgehead atoms. The average molecular weight is 490 g/mol. The number of nitrogens with one attached hydrogen (secondary N) is 2. The molecule has 0 saturated carbocycles. The molecule has 2 N–H and O–H groups in total. The van der Waals surface area contributed by atoms with E-state index >= 15 is 0 Å². The summed E-state index contributed by atoms with van der Waals surface area (Å²) in [6.07, 6.45) is 0.960. The number of carbonyl (C=O) groups excluding carboxylic acids is 3. The van der Waals surface area contributed by atoms with Gasteiger partial charge in [-0.15, -0.1) is 11.3 Å². The molecule has 2 aliphatic heterocycles. The molecule has 3 amide bonds. The maximum absolute atomic E-state index is 12.8. The quantitative estimate of drug-likeness (QED) is 0.605. The number of fused-ring (bicyclic) bond motifs is 1. The third kappa shape index (κ3) is 4.73. The molecular weight excluding hydrogens is 462 g/mol. The van der Waals surface area contributed by atoms with Crippen molar-refractivity contribution < 1.29 is 22.8 Å². The van der Waals surface area contributed by atoms with Crippen LogP contribution in [0.5, 0.6) is 0 Å². The lowest BCUT2D eigenvalue weighted by molar-refractivity contribution is -0.136. The molecular formula is C23H27N3O5S2. The number of rotatable bonds is 6. The van der Waals surface area contributed by atoms with Crippen LogP contribution in [-0.2, 0) is 38.0 Å². The summed E-state index contributed by atoms with van der Waals surface area (Å²) in [6.45, 7) is 6.70. The second-order valence-corrected chi connectivity index (χ2v) is 12.1. The Hall–Kier alpha value is -2.56. The Morgan fingerprint density at radius 2 is 1.85 bits per heavy atom. The Bertz CT molecular complexity index is 1210. The molecule has 1 aromatic heterocycles. The molecule has 1 saturated heterocycles. The minimum atomic E-state index is -3.65. The number of piperidine rings is 1. The van der Waals surface area contributed by atoms with Gasteiger partial charge in [0, 0.05) is 29.8 Å². The van der Waals surface area contributed by atoms with Crippen molar-refractivity contribution in [2.75, 3.05) is 6.54 Å². The largest absolute Gasteiger partial charge is 0.322 e. The fourth-order valence-corrected chi connectivity index (χ4v) is 6.20. The van der Waals surface area contributed by atoms with Crippen molar-refractivity contribution in [2.24, 2.45) is 0 Å². The molecule has 2 aromatic rings. The van der Waals surface area contributed by atoms with Gasteiger partial charge >= 0.3 is 0 Å². The van der Waals surface area contributed by atoms with Gasteiger partial charge in [-0.3, -0.25) is 19.7 Å². The number of amides is 3. The van der Waals surface area contributed by atoms with Crippen LogP contribution < -0.4 is 10.0 Å². The fourth-order valence-electron chi connectivity index (χ4n) is 4.13. The summed E-state index contributed by atoms with van der Waals surface area (Å²) >= 11 is 1.42. The molecule has 4 rings (SSSR count). The van der Waals surface area contributed by atoms with E-state index in [0.29, 0.717) is 24.9 Å². The van der Waals surface area contributed by atoms with Crippen molar-refractivity contribution in [1.82, 2.24) is 14.9 Å². The first-order chi connectivity index (χ1) is 15.5. The van der Waals surface area contributed by atoms with Gasteiger partial charge in [-0.2, -0.15) is 0 Å². The third-order valence-corrected chi connectivity index (χ3v) is 8.63. The molecule has 2 aliphatic rings. The van der Waals surface area contributed by atoms with Crippen molar-refractivity contribution in [1.29, 1.82) is 0 Å². The molecule has 176 valence electrons. The normalized spacial score (nSPS) is 19.1. The lowest BCUT2D eigenvalue weighted by atomic mass is 9.87. The predicted molar refractivity (Wildman–Crippen MR) is 124 cm³/mol. The molecule has 33 heavy (non-hydrogen) atoms. The lowest BCUT2D eigenvalue weighted by Crippen LogP contribution is -2.52. The van der Waals surface area contributed by atoms with Gasteiger partial charge in [0.25, 0.3) is 5.91 Å². The van der Waals surface area contributed by atoms with Crippen LogP contribution in [0, 0.1) is 0 Å². The average Bonchev–Trinajstić information content (AvgIpc) is 3.28. The molecule has 1 unspecified atom stereocenters. The smallest absolute Gasteiger partial charge is 0.256 e. The van der Waals surface area contributed by atoms with E-state index in [1.165, 1.54) is 16.2 Å². The van der Waals surface area contributed by atoms with Crippen molar-refractivity contribution in [3.8, 4) is 0 Å². The van der Waals surface area contributed by atoms with Gasteiger partial charge in [-0.1, -0.05) is 32.9 Å². The van der Waals surface area contributed by atoms with Crippen molar-refractivity contribution >= 4 is 39.1 Å². The highest BCUT2D eigenvalue weighted by Crippen LogP contribution is 2.34. The number of thiophene rings is 1. The first-order valence-electron chi connectivity index (χ1n) is 10.8. The van der Waals surface area contributed by atoms with Crippen LogP contribution in [0.15, 0.2) is 34.5 Å². The summed E-state index contributed by atoms with van der Waals surface area (Å²) in [5, 5.41) is 4.06. The molecule has 0 radical (unpaired) electrons. The van der Waals surface area contributed by atoms with Crippen LogP contribution in [0.1, 0.15) is 60.0 Å². The minimum Gasteiger partial charge on any atom is -0.322 e. The van der Waals surface area contributed by atoms with Gasteiger partial charge in [-0.05, 0) is 41.5 Å². The van der Waals surface area contributed by atoms with E-state index in [0.717, 1.165) is 16.0 Å². The van der Waals surface area contributed by atoms with Crippen LogP contribution in [0.2, 0.25) is 0 Å². The Morgan fingerprint density at radius 1 is 1.15 bits per heavy atom. The maximum Gasteiger partial charge on any atom is 0.256 e. The van der Waals surface area contributed by atoms with Gasteiger partial charge in [-0.25, -0.2) is 13.1 Å². The second kappa shape index (κ2) is 8.66. The van der Waals surface area contributed by atoms with Crippen molar-refractivity contribution in [3.05, 3.63) is 51.2 Å². The fraction of sp³-hybridized carbons (Fsp3) is 0.435. The van der Waals surface area contributed by atoms with Crippen LogP contribution in [0.3, 0.4) is 0 Å². The first kappa shape index (κ1) is 23.6. The second-order valence-electron chi connectivity index (χ2n) is 9.37. The number of hydrogen-bond donors (Lipinski definition) is 2. The zero-order valence-electron chi connectivity index (χ0n) is 18.8. The number of hydrogen-bond acceptors (Lipinski definition) is 6. The van der Waals surface area contributed by atoms with E-state index in [-0.39, 0.29) is 35.1 Å². The molecule has 8 nitrogen and oxygen atoms in total. The summed E-state index contributed by atoms with van der Waals surface area (Å²) < 4.78 is 28.0. The summed E-state index contributed by atoms with van der Waals surface area (Å²) in [7, 11) is -3.65. The van der Waals surface area contributed by atoms with E-state index < -0.39 is 22.0 Å². The number of imide groups is 1. The number of benzene rings is 1. The molecule has 0 aliphatic carbocycles. The van der Waals surface area contributed by atoms with Gasteiger partial charge in [0.15, 0.2) is 0 Å². The van der Waals surface area contributed by atoms with Crippen LogP contribution >= 0.6 is 11.3 Å². The maximum atomic E-state index is 12.8. The highest BCUT2D eigenvalue weighted by atomic mass is 32.2. The Balaban J connectivity index is 1.40. The van der Waals surface area contributed by atoms with E-state index in [1.807, 2.05) is 12.1 Å². The summed E-state index contributed by atoms with van der Waals surface area (Å²) in [5.74, 6) is -0.986. The van der Waals surface area contributed by atoms with Crippen LogP contribution in [0.4, 0.5) is 0 Å².